The summed E-state index contributed by atoms with van der Waals surface area (Å²) in [6.07, 6.45) is 25.5. The molecule has 0 aliphatic carbocycles. The first-order valence-electron chi connectivity index (χ1n) is 11.8. The van der Waals surface area contributed by atoms with Gasteiger partial charge in [-0.05, 0) is 32.2 Å². The first-order chi connectivity index (χ1) is 12.6. The van der Waals surface area contributed by atoms with E-state index in [-0.39, 0.29) is 0 Å². The third-order valence-electron chi connectivity index (χ3n) is 5.53. The lowest BCUT2D eigenvalue weighted by atomic mass is 9.99. The molecule has 0 bridgehead atoms. The molecule has 0 heterocycles. The molecule has 26 heavy (non-hydrogen) atoms. The van der Waals surface area contributed by atoms with Crippen LogP contribution in [0.15, 0.2) is 0 Å². The molecule has 1 unspecified atom stereocenters. The number of rotatable bonds is 21. The Morgan fingerprint density at radius 1 is 0.538 bits per heavy atom. The molecule has 0 fully saturated rings. The van der Waals surface area contributed by atoms with Crippen LogP contribution in [-0.2, 0) is 0 Å². The lowest BCUT2D eigenvalue weighted by Crippen LogP contribution is -2.39. The third kappa shape index (κ3) is 20.2. The fraction of sp³-hybridized carbons (Fsp3) is 1.00. The number of hydrogen-bond acceptors (Lipinski definition) is 3. The van der Waals surface area contributed by atoms with Gasteiger partial charge in [0.15, 0.2) is 0 Å². The zero-order chi connectivity index (χ0) is 19.3. The predicted octanol–water partition coefficient (Wildman–Crippen LogP) is 6.41. The molecule has 5 N–H and O–H groups in total. The maximum atomic E-state index is 9.99. The van der Waals surface area contributed by atoms with E-state index >= 15 is 0 Å². The van der Waals surface area contributed by atoms with Crippen LogP contribution in [0, 0.1) is 0 Å². The molecule has 0 aromatic rings. The normalized spacial score (nSPS) is 13.8. The third-order valence-corrected chi connectivity index (χ3v) is 5.53. The second-order valence-electron chi connectivity index (χ2n) is 8.40. The summed E-state index contributed by atoms with van der Waals surface area (Å²) < 4.78 is 0. The van der Waals surface area contributed by atoms with Gasteiger partial charge in [0, 0.05) is 0 Å². The van der Waals surface area contributed by atoms with Crippen LogP contribution in [-0.4, -0.2) is 17.4 Å². The maximum Gasteiger partial charge on any atom is 0.113 e. The molecule has 0 aliphatic rings. The molecule has 0 radical (unpaired) electrons. The molecule has 0 aromatic heterocycles. The average molecular weight is 371 g/mol. The summed E-state index contributed by atoms with van der Waals surface area (Å²) in [6, 6.07) is 0. The van der Waals surface area contributed by atoms with Crippen LogP contribution < -0.4 is 11.5 Å². The molecule has 0 saturated carbocycles. The molecule has 1 atom stereocenters. The Labute approximate surface area is 164 Å². The van der Waals surface area contributed by atoms with Gasteiger partial charge in [-0.2, -0.15) is 0 Å². The van der Waals surface area contributed by atoms with Crippen molar-refractivity contribution in [2.75, 3.05) is 6.54 Å². The molecular formula is C23H50N2O. The minimum atomic E-state index is -0.991. The molecular weight excluding hydrogens is 320 g/mol. The van der Waals surface area contributed by atoms with E-state index in [1.807, 2.05) is 0 Å². The van der Waals surface area contributed by atoms with Crippen LogP contribution in [0.3, 0.4) is 0 Å². The summed E-state index contributed by atoms with van der Waals surface area (Å²) in [6.45, 7) is 2.89. The van der Waals surface area contributed by atoms with Gasteiger partial charge in [-0.25, -0.2) is 0 Å². The number of hydrogen-bond donors (Lipinski definition) is 3. The Balaban J connectivity index is 3.13. The topological polar surface area (TPSA) is 72.3 Å². The van der Waals surface area contributed by atoms with Crippen LogP contribution in [0.4, 0.5) is 0 Å². The van der Waals surface area contributed by atoms with Gasteiger partial charge < -0.3 is 16.6 Å². The van der Waals surface area contributed by atoms with Crippen LogP contribution in [0.1, 0.15) is 135 Å². The Morgan fingerprint density at radius 3 is 1.19 bits per heavy atom. The van der Waals surface area contributed by atoms with Crippen molar-refractivity contribution >= 4 is 0 Å². The quantitative estimate of drug-likeness (QED) is 0.161. The highest BCUT2D eigenvalue weighted by atomic mass is 16.3. The standard InChI is InChI=1S/C23H50N2O/c1-2-3-4-5-6-7-8-9-10-11-12-13-14-15-16-17-18-20-23(25,26)21-19-22-24/h26H,2-22,24-25H2,1H3. The van der Waals surface area contributed by atoms with Crippen molar-refractivity contribution in [3.63, 3.8) is 0 Å². The van der Waals surface area contributed by atoms with Gasteiger partial charge in [-0.15, -0.1) is 0 Å². The van der Waals surface area contributed by atoms with E-state index in [9.17, 15) is 5.11 Å². The lowest BCUT2D eigenvalue weighted by Gasteiger charge is -2.22. The molecule has 0 spiro atoms. The van der Waals surface area contributed by atoms with Gasteiger partial charge >= 0.3 is 0 Å². The minimum Gasteiger partial charge on any atom is -0.376 e. The number of nitrogens with two attached hydrogens (primary N) is 2. The summed E-state index contributed by atoms with van der Waals surface area (Å²) in [5.41, 5.74) is 10.3. The molecule has 0 aliphatic heterocycles. The van der Waals surface area contributed by atoms with Crippen molar-refractivity contribution in [2.45, 2.75) is 141 Å². The predicted molar refractivity (Wildman–Crippen MR) is 116 cm³/mol. The molecule has 3 heteroatoms. The van der Waals surface area contributed by atoms with Crippen LogP contribution >= 0.6 is 0 Å². The minimum absolute atomic E-state index is 0.610. The molecule has 158 valence electrons. The summed E-state index contributed by atoms with van der Waals surface area (Å²) in [5, 5.41) is 9.99. The van der Waals surface area contributed by atoms with Gasteiger partial charge in [0.05, 0.1) is 0 Å². The van der Waals surface area contributed by atoms with Crippen molar-refractivity contribution in [3.8, 4) is 0 Å². The van der Waals surface area contributed by atoms with Crippen LogP contribution in [0.2, 0.25) is 0 Å². The second kappa shape index (κ2) is 19.6. The van der Waals surface area contributed by atoms with Crippen molar-refractivity contribution in [1.82, 2.24) is 0 Å². The van der Waals surface area contributed by atoms with Crippen molar-refractivity contribution in [2.24, 2.45) is 11.5 Å². The molecule has 0 amide bonds. The smallest absolute Gasteiger partial charge is 0.113 e. The molecule has 0 saturated heterocycles. The fourth-order valence-electron chi connectivity index (χ4n) is 3.69. The second-order valence-corrected chi connectivity index (χ2v) is 8.40. The SMILES string of the molecule is CCCCCCCCCCCCCCCCCCCC(N)(O)CCCN. The average Bonchev–Trinajstić information content (AvgIpc) is 2.62. The maximum absolute atomic E-state index is 9.99. The zero-order valence-electron chi connectivity index (χ0n) is 18.0. The van der Waals surface area contributed by atoms with Crippen molar-refractivity contribution < 1.29 is 5.11 Å². The summed E-state index contributed by atoms with van der Waals surface area (Å²) in [7, 11) is 0. The van der Waals surface area contributed by atoms with E-state index in [1.54, 1.807) is 0 Å². The lowest BCUT2D eigenvalue weighted by molar-refractivity contribution is 0.0253. The Bertz CT molecular complexity index is 269. The van der Waals surface area contributed by atoms with Gasteiger partial charge in [0.1, 0.15) is 5.72 Å². The molecule has 3 nitrogen and oxygen atoms in total. The number of unbranched alkanes of at least 4 members (excludes halogenated alkanes) is 16. The highest BCUT2D eigenvalue weighted by molar-refractivity contribution is 4.70. The highest BCUT2D eigenvalue weighted by Gasteiger charge is 2.18. The zero-order valence-corrected chi connectivity index (χ0v) is 18.0. The van der Waals surface area contributed by atoms with E-state index < -0.39 is 5.72 Å². The van der Waals surface area contributed by atoms with Crippen molar-refractivity contribution in [3.05, 3.63) is 0 Å². The fourth-order valence-corrected chi connectivity index (χ4v) is 3.69. The number of aliphatic hydroxyl groups is 1. The summed E-state index contributed by atoms with van der Waals surface area (Å²) in [5.74, 6) is 0. The Kier molecular flexibility index (Phi) is 19.5. The highest BCUT2D eigenvalue weighted by Crippen LogP contribution is 2.17. The van der Waals surface area contributed by atoms with Crippen LogP contribution in [0.5, 0.6) is 0 Å². The van der Waals surface area contributed by atoms with Gasteiger partial charge in [0.2, 0.25) is 0 Å². The summed E-state index contributed by atoms with van der Waals surface area (Å²) in [4.78, 5) is 0. The summed E-state index contributed by atoms with van der Waals surface area (Å²) >= 11 is 0. The molecule has 0 rings (SSSR count). The van der Waals surface area contributed by atoms with E-state index in [4.69, 9.17) is 11.5 Å². The van der Waals surface area contributed by atoms with Crippen molar-refractivity contribution in [1.29, 1.82) is 0 Å². The van der Waals surface area contributed by atoms with Crippen LogP contribution in [0.25, 0.3) is 0 Å². The van der Waals surface area contributed by atoms with Gasteiger partial charge in [-0.3, -0.25) is 0 Å². The van der Waals surface area contributed by atoms with E-state index in [2.05, 4.69) is 6.92 Å². The van der Waals surface area contributed by atoms with E-state index in [0.29, 0.717) is 19.4 Å². The molecule has 0 aromatic carbocycles. The largest absolute Gasteiger partial charge is 0.376 e. The first-order valence-corrected chi connectivity index (χ1v) is 11.8. The first kappa shape index (κ1) is 25.9. The van der Waals surface area contributed by atoms with E-state index in [0.717, 1.165) is 12.8 Å². The Morgan fingerprint density at radius 2 is 0.846 bits per heavy atom. The Hall–Kier alpha value is -0.120. The van der Waals surface area contributed by atoms with Gasteiger partial charge in [-0.1, -0.05) is 110 Å². The van der Waals surface area contributed by atoms with Gasteiger partial charge in [0.25, 0.3) is 0 Å². The monoisotopic (exact) mass is 370 g/mol. The van der Waals surface area contributed by atoms with E-state index in [1.165, 1.54) is 103 Å².